The van der Waals surface area contributed by atoms with Crippen LogP contribution in [-0.4, -0.2) is 0 Å². The Hall–Kier alpha value is -0.127. The maximum atomic E-state index is 5.82. The molecule has 0 atom stereocenters. The third kappa shape index (κ3) is 8.84. The molecule has 15 heavy (non-hydrogen) atoms. The summed E-state index contributed by atoms with van der Waals surface area (Å²) in [5, 5.41) is 1.03. The van der Waals surface area contributed by atoms with E-state index in [0.717, 1.165) is 37.1 Å². The molecule has 0 heterocycles. The van der Waals surface area contributed by atoms with E-state index in [1.165, 1.54) is 0 Å². The zero-order chi connectivity index (χ0) is 10.1. The predicted molar refractivity (Wildman–Crippen MR) is 63.1 cm³/mol. The monoisotopic (exact) mass is 309 g/mol. The van der Waals surface area contributed by atoms with Gasteiger partial charge in [0.25, 0.3) is 0 Å². The van der Waals surface area contributed by atoms with Crippen molar-refractivity contribution in [1.82, 2.24) is 0 Å². The Kier molecular flexibility index (Phi) is 10.3. The van der Waals surface area contributed by atoms with Crippen molar-refractivity contribution in [1.29, 1.82) is 0 Å². The largest absolute Gasteiger partial charge is 1.00 e. The Labute approximate surface area is 111 Å². The first-order valence-corrected chi connectivity index (χ1v) is 5.48. The Morgan fingerprint density at radius 2 is 1.87 bits per heavy atom. The number of halogens is 1. The Morgan fingerprint density at radius 3 is 2.47 bits per heavy atom. The van der Waals surface area contributed by atoms with E-state index in [-0.39, 0.29) is 19.5 Å². The second kappa shape index (κ2) is 10.4. The number of rotatable bonds is 0. The van der Waals surface area contributed by atoms with Gasteiger partial charge in [0.05, 0.1) is 0 Å². The van der Waals surface area contributed by atoms with E-state index < -0.39 is 0 Å². The average Bonchev–Trinajstić information content (AvgIpc) is 2.69. The second-order valence-electron chi connectivity index (χ2n) is 3.24. The fraction of sp³-hybridized carbons (Fsp3) is 0.385. The first kappa shape index (κ1) is 14.9. The quantitative estimate of drug-likeness (QED) is 0.350. The van der Waals surface area contributed by atoms with Crippen molar-refractivity contribution in [2.24, 2.45) is 0 Å². The summed E-state index contributed by atoms with van der Waals surface area (Å²) in [7, 11) is 0. The fourth-order valence-corrected chi connectivity index (χ4v) is 1.45. The molecule has 0 fully saturated rings. The molecule has 0 nitrogen and oxygen atoms in total. The van der Waals surface area contributed by atoms with E-state index in [1.807, 2.05) is 12.2 Å². The molecule has 0 aromatic rings. The summed E-state index contributed by atoms with van der Waals surface area (Å²) >= 11 is 5.82. The first-order chi connectivity index (χ1) is 6.89. The van der Waals surface area contributed by atoms with Crippen LogP contribution in [0.25, 0.3) is 0 Å². The van der Waals surface area contributed by atoms with Gasteiger partial charge in [-0.1, -0.05) is 29.8 Å². The molecule has 2 rings (SSSR count). The zero-order valence-corrected chi connectivity index (χ0v) is 11.2. The van der Waals surface area contributed by atoms with Gasteiger partial charge in [-0.3, -0.25) is 6.08 Å². The average molecular weight is 309 g/mol. The summed E-state index contributed by atoms with van der Waals surface area (Å²) in [5.41, 5.74) is 0. The molecule has 0 N–H and O–H groups in total. The molecule has 2 aliphatic carbocycles. The maximum Gasteiger partial charge on any atom is 1.00 e. The summed E-state index contributed by atoms with van der Waals surface area (Å²) in [5.74, 6) is 0. The standard InChI is InChI=1S/C8H11Cl.C5H5.Ru/c9-8-6-4-2-1-3-5-7-8;1-2-4-5-3-1;/h1-2,7H,3-6H2;1-3H,4H2;/q;-1;+1/b2-1-,8-7+;;. The van der Waals surface area contributed by atoms with Crippen molar-refractivity contribution in [3.05, 3.63) is 47.6 Å². The van der Waals surface area contributed by atoms with Crippen molar-refractivity contribution in [3.63, 3.8) is 0 Å². The minimum atomic E-state index is 0. The molecular formula is C13H16ClRu. The van der Waals surface area contributed by atoms with Gasteiger partial charge in [0, 0.05) is 5.03 Å². The first-order valence-electron chi connectivity index (χ1n) is 5.11. The van der Waals surface area contributed by atoms with Gasteiger partial charge in [0.1, 0.15) is 0 Å². The summed E-state index contributed by atoms with van der Waals surface area (Å²) in [6, 6.07) is 0. The van der Waals surface area contributed by atoms with Gasteiger partial charge >= 0.3 is 19.5 Å². The van der Waals surface area contributed by atoms with E-state index in [1.54, 1.807) is 0 Å². The molecule has 0 aromatic heterocycles. The molecule has 2 heteroatoms. The zero-order valence-electron chi connectivity index (χ0n) is 8.73. The van der Waals surface area contributed by atoms with Crippen LogP contribution in [0.15, 0.2) is 41.5 Å². The van der Waals surface area contributed by atoms with Crippen molar-refractivity contribution in [2.45, 2.75) is 32.1 Å². The van der Waals surface area contributed by atoms with Crippen molar-refractivity contribution < 1.29 is 19.5 Å². The maximum absolute atomic E-state index is 5.82. The molecule has 1 radical (unpaired) electrons. The van der Waals surface area contributed by atoms with Crippen molar-refractivity contribution >= 4 is 11.6 Å². The minimum absolute atomic E-state index is 0. The van der Waals surface area contributed by atoms with Crippen LogP contribution in [-0.2, 0) is 19.5 Å². The molecule has 2 aliphatic rings. The summed E-state index contributed by atoms with van der Waals surface area (Å²) in [4.78, 5) is 0. The molecule has 0 amide bonds. The van der Waals surface area contributed by atoms with Gasteiger partial charge in [0.2, 0.25) is 0 Å². The minimum Gasteiger partial charge on any atom is -0.273 e. The summed E-state index contributed by atoms with van der Waals surface area (Å²) < 4.78 is 0. The molecule has 0 unspecified atom stereocenters. The predicted octanol–water partition coefficient (Wildman–Crippen LogP) is 4.54. The van der Waals surface area contributed by atoms with E-state index in [2.05, 4.69) is 30.4 Å². The third-order valence-electron chi connectivity index (χ3n) is 2.00. The van der Waals surface area contributed by atoms with Crippen molar-refractivity contribution in [3.8, 4) is 0 Å². The smallest absolute Gasteiger partial charge is 0.273 e. The second-order valence-corrected chi connectivity index (χ2v) is 3.73. The van der Waals surface area contributed by atoms with Crippen LogP contribution in [0.5, 0.6) is 0 Å². The van der Waals surface area contributed by atoms with Crippen molar-refractivity contribution in [2.75, 3.05) is 0 Å². The van der Waals surface area contributed by atoms with Crippen LogP contribution in [0, 0.1) is 6.08 Å². The van der Waals surface area contributed by atoms with E-state index in [9.17, 15) is 0 Å². The van der Waals surface area contributed by atoms with E-state index >= 15 is 0 Å². The Bertz CT molecular complexity index is 252. The summed E-state index contributed by atoms with van der Waals surface area (Å²) in [6.07, 6.45) is 20.9. The molecular weight excluding hydrogens is 293 g/mol. The molecule has 0 aromatic carbocycles. The molecule has 0 saturated heterocycles. The molecule has 0 aliphatic heterocycles. The molecule has 83 valence electrons. The van der Waals surface area contributed by atoms with Gasteiger partial charge < -0.3 is 0 Å². The van der Waals surface area contributed by atoms with Gasteiger partial charge in [-0.25, -0.2) is 12.2 Å². The SMILES string of the molecule is Cl/C1=C/CC/C=C\CC1.[C-]1=CC=CC1.[Ru+]. The van der Waals surface area contributed by atoms with Crippen LogP contribution in [0.4, 0.5) is 0 Å². The Balaban J connectivity index is 0.000000280. The van der Waals surface area contributed by atoms with Crippen LogP contribution < -0.4 is 0 Å². The Morgan fingerprint density at radius 1 is 1.07 bits per heavy atom. The molecule has 0 spiro atoms. The van der Waals surface area contributed by atoms with Gasteiger partial charge in [-0.2, -0.15) is 6.08 Å². The third-order valence-corrected chi connectivity index (χ3v) is 2.34. The molecule has 0 bridgehead atoms. The van der Waals surface area contributed by atoms with Crippen LogP contribution in [0.3, 0.4) is 0 Å². The van der Waals surface area contributed by atoms with E-state index in [0.29, 0.717) is 0 Å². The number of hydrogen-bond donors (Lipinski definition) is 0. The number of hydrogen-bond acceptors (Lipinski definition) is 0. The van der Waals surface area contributed by atoms with Gasteiger partial charge in [-0.05, 0) is 25.7 Å². The topological polar surface area (TPSA) is 0 Å². The van der Waals surface area contributed by atoms with Crippen LogP contribution >= 0.6 is 11.6 Å². The van der Waals surface area contributed by atoms with Gasteiger partial charge in [-0.15, -0.1) is 6.42 Å². The molecule has 0 saturated carbocycles. The van der Waals surface area contributed by atoms with Gasteiger partial charge in [0.15, 0.2) is 0 Å². The summed E-state index contributed by atoms with van der Waals surface area (Å²) in [6.45, 7) is 0. The van der Waals surface area contributed by atoms with Crippen LogP contribution in [0.2, 0.25) is 0 Å². The normalized spacial score (nSPS) is 23.7. The fourth-order valence-electron chi connectivity index (χ4n) is 1.24. The van der Waals surface area contributed by atoms with Crippen LogP contribution in [0.1, 0.15) is 32.1 Å². The number of allylic oxidation sites excluding steroid dienone is 8. The van der Waals surface area contributed by atoms with E-state index in [4.69, 9.17) is 11.6 Å².